The maximum atomic E-state index is 13.1. The average Bonchev–Trinajstić information content (AvgIpc) is 2.97. The first-order valence-electron chi connectivity index (χ1n) is 10.6. The van der Waals surface area contributed by atoms with Crippen LogP contribution in [-0.4, -0.2) is 46.0 Å². The van der Waals surface area contributed by atoms with Crippen molar-refractivity contribution in [3.05, 3.63) is 76.2 Å². The lowest BCUT2D eigenvalue weighted by molar-refractivity contribution is 0.200. The Balaban J connectivity index is 1.50. The number of carbonyl (C=O) groups excluding carboxylic acids is 1. The average molecular weight is 420 g/mol. The molecule has 3 aromatic rings. The molecule has 1 unspecified atom stereocenters. The smallest absolute Gasteiger partial charge is 0.322 e. The van der Waals surface area contributed by atoms with E-state index in [1.54, 1.807) is 14.3 Å². The van der Waals surface area contributed by atoms with Crippen LogP contribution in [0.5, 0.6) is 0 Å². The van der Waals surface area contributed by atoms with Gasteiger partial charge >= 0.3 is 6.03 Å². The van der Waals surface area contributed by atoms with Gasteiger partial charge in [0, 0.05) is 38.4 Å². The molecule has 31 heavy (non-hydrogen) atoms. The number of para-hydroxylation sites is 1. The summed E-state index contributed by atoms with van der Waals surface area (Å²) >= 11 is 0. The third-order valence-electron chi connectivity index (χ3n) is 6.03. The number of anilines is 2. The third-order valence-corrected chi connectivity index (χ3v) is 6.03. The standard InChI is InChI=1S/C24H29N5O2/c1-17-9-8-12-21(15-17)28-14-13-27(16-18(28)2)24(31)25-22-19(3)26(4)29(23(22)30)20-10-6-5-7-11-20/h5-12,15,18H,13-14,16H2,1-4H3,(H,25,31). The summed E-state index contributed by atoms with van der Waals surface area (Å²) in [5.74, 6) is 0. The Kier molecular flexibility index (Phi) is 5.59. The summed E-state index contributed by atoms with van der Waals surface area (Å²) in [5, 5.41) is 2.88. The highest BCUT2D eigenvalue weighted by atomic mass is 16.2. The molecule has 0 bridgehead atoms. The van der Waals surface area contributed by atoms with Gasteiger partial charge in [-0.25, -0.2) is 9.48 Å². The van der Waals surface area contributed by atoms with Gasteiger partial charge in [-0.15, -0.1) is 0 Å². The molecular formula is C24H29N5O2. The maximum Gasteiger partial charge on any atom is 0.322 e. The molecule has 2 aromatic carbocycles. The maximum absolute atomic E-state index is 13.1. The highest BCUT2D eigenvalue weighted by molar-refractivity contribution is 5.90. The zero-order valence-corrected chi connectivity index (χ0v) is 18.5. The zero-order valence-electron chi connectivity index (χ0n) is 18.5. The van der Waals surface area contributed by atoms with Crippen molar-refractivity contribution in [2.24, 2.45) is 7.05 Å². The molecule has 4 rings (SSSR count). The van der Waals surface area contributed by atoms with Crippen molar-refractivity contribution in [3.8, 4) is 5.69 Å². The van der Waals surface area contributed by atoms with E-state index in [4.69, 9.17) is 0 Å². The second kappa shape index (κ2) is 8.34. The Morgan fingerprint density at radius 3 is 2.39 bits per heavy atom. The van der Waals surface area contributed by atoms with E-state index in [1.807, 2.05) is 44.3 Å². The monoisotopic (exact) mass is 419 g/mol. The summed E-state index contributed by atoms with van der Waals surface area (Å²) in [6, 6.07) is 17.8. The molecule has 0 aliphatic carbocycles. The fourth-order valence-electron chi connectivity index (χ4n) is 4.23. The Hall–Kier alpha value is -3.48. The van der Waals surface area contributed by atoms with Crippen LogP contribution in [-0.2, 0) is 7.05 Å². The van der Waals surface area contributed by atoms with Crippen LogP contribution in [0.1, 0.15) is 18.2 Å². The van der Waals surface area contributed by atoms with Gasteiger partial charge in [-0.3, -0.25) is 9.48 Å². The van der Waals surface area contributed by atoms with Crippen molar-refractivity contribution < 1.29 is 4.79 Å². The van der Waals surface area contributed by atoms with E-state index in [1.165, 1.54) is 11.3 Å². The van der Waals surface area contributed by atoms with Crippen molar-refractivity contribution in [2.45, 2.75) is 26.8 Å². The number of nitrogens with zero attached hydrogens (tertiary/aromatic N) is 4. The van der Waals surface area contributed by atoms with E-state index in [-0.39, 0.29) is 17.6 Å². The summed E-state index contributed by atoms with van der Waals surface area (Å²) in [5.41, 5.74) is 3.97. The number of carbonyl (C=O) groups is 1. The van der Waals surface area contributed by atoms with Crippen molar-refractivity contribution in [1.29, 1.82) is 0 Å². The summed E-state index contributed by atoms with van der Waals surface area (Å²) in [6.45, 7) is 8.00. The van der Waals surface area contributed by atoms with Gasteiger partial charge in [-0.05, 0) is 50.6 Å². The lowest BCUT2D eigenvalue weighted by Crippen LogP contribution is -2.55. The Labute approximate surface area is 182 Å². The van der Waals surface area contributed by atoms with Gasteiger partial charge in [0.05, 0.1) is 11.4 Å². The molecule has 7 heteroatoms. The van der Waals surface area contributed by atoms with Crippen molar-refractivity contribution in [1.82, 2.24) is 14.3 Å². The number of hydrogen-bond donors (Lipinski definition) is 1. The molecule has 1 atom stereocenters. The minimum Gasteiger partial charge on any atom is -0.365 e. The molecule has 7 nitrogen and oxygen atoms in total. The molecule has 1 N–H and O–H groups in total. The van der Waals surface area contributed by atoms with Gasteiger partial charge in [-0.1, -0.05) is 30.3 Å². The van der Waals surface area contributed by atoms with Crippen molar-refractivity contribution in [2.75, 3.05) is 29.9 Å². The quantitative estimate of drug-likeness (QED) is 0.706. The van der Waals surface area contributed by atoms with Gasteiger partial charge < -0.3 is 15.1 Å². The normalized spacial score (nSPS) is 16.5. The van der Waals surface area contributed by atoms with Crippen LogP contribution in [0.3, 0.4) is 0 Å². The molecule has 1 aliphatic rings. The summed E-state index contributed by atoms with van der Waals surface area (Å²) < 4.78 is 3.34. The molecule has 2 heterocycles. The van der Waals surface area contributed by atoms with Gasteiger partial charge in [0.25, 0.3) is 5.56 Å². The fourth-order valence-corrected chi connectivity index (χ4v) is 4.23. The number of amides is 2. The van der Waals surface area contributed by atoms with E-state index in [0.29, 0.717) is 24.5 Å². The number of piperazine rings is 1. The number of aryl methyl sites for hydroxylation is 1. The topological polar surface area (TPSA) is 62.5 Å². The second-order valence-corrected chi connectivity index (χ2v) is 8.19. The van der Waals surface area contributed by atoms with E-state index in [9.17, 15) is 9.59 Å². The SMILES string of the molecule is Cc1cccc(N2CCN(C(=O)Nc3c(C)n(C)n(-c4ccccc4)c3=O)CC2C)c1. The largest absolute Gasteiger partial charge is 0.365 e. The number of hydrogen-bond acceptors (Lipinski definition) is 3. The summed E-state index contributed by atoms with van der Waals surface area (Å²) in [6.07, 6.45) is 0. The minimum atomic E-state index is -0.234. The first-order valence-corrected chi connectivity index (χ1v) is 10.6. The van der Waals surface area contributed by atoms with Crippen LogP contribution < -0.4 is 15.8 Å². The van der Waals surface area contributed by atoms with E-state index < -0.39 is 0 Å². The van der Waals surface area contributed by atoms with Crippen molar-refractivity contribution >= 4 is 17.4 Å². The lowest BCUT2D eigenvalue weighted by atomic mass is 10.1. The zero-order chi connectivity index (χ0) is 22.1. The number of urea groups is 1. The predicted molar refractivity (Wildman–Crippen MR) is 124 cm³/mol. The Morgan fingerprint density at radius 1 is 1.00 bits per heavy atom. The molecule has 0 radical (unpaired) electrons. The van der Waals surface area contributed by atoms with Crippen LogP contribution in [0, 0.1) is 13.8 Å². The Morgan fingerprint density at radius 2 is 1.71 bits per heavy atom. The van der Waals surface area contributed by atoms with E-state index in [0.717, 1.165) is 12.2 Å². The number of aromatic nitrogens is 2. The van der Waals surface area contributed by atoms with Crippen LogP contribution in [0.2, 0.25) is 0 Å². The molecule has 0 spiro atoms. The molecular weight excluding hydrogens is 390 g/mol. The van der Waals surface area contributed by atoms with E-state index in [2.05, 4.69) is 48.3 Å². The molecule has 2 amide bonds. The van der Waals surface area contributed by atoms with Gasteiger partial charge in [-0.2, -0.15) is 0 Å². The van der Waals surface area contributed by atoms with E-state index >= 15 is 0 Å². The van der Waals surface area contributed by atoms with Crippen LogP contribution in [0.4, 0.5) is 16.2 Å². The molecule has 0 saturated carbocycles. The molecule has 1 fully saturated rings. The number of nitrogens with one attached hydrogen (secondary N) is 1. The van der Waals surface area contributed by atoms with Gasteiger partial charge in [0.2, 0.25) is 0 Å². The molecule has 1 aliphatic heterocycles. The lowest BCUT2D eigenvalue weighted by Gasteiger charge is -2.41. The fraction of sp³-hybridized carbons (Fsp3) is 0.333. The summed E-state index contributed by atoms with van der Waals surface area (Å²) in [4.78, 5) is 30.2. The summed E-state index contributed by atoms with van der Waals surface area (Å²) in [7, 11) is 1.82. The van der Waals surface area contributed by atoms with Crippen LogP contribution in [0.25, 0.3) is 5.69 Å². The van der Waals surface area contributed by atoms with Crippen LogP contribution in [0.15, 0.2) is 59.4 Å². The van der Waals surface area contributed by atoms with Gasteiger partial charge in [0.1, 0.15) is 5.69 Å². The molecule has 1 saturated heterocycles. The number of benzene rings is 2. The second-order valence-electron chi connectivity index (χ2n) is 8.19. The number of rotatable bonds is 3. The van der Waals surface area contributed by atoms with Crippen molar-refractivity contribution in [3.63, 3.8) is 0 Å². The van der Waals surface area contributed by atoms with Gasteiger partial charge in [0.15, 0.2) is 0 Å². The Bertz CT molecular complexity index is 1150. The highest BCUT2D eigenvalue weighted by Gasteiger charge is 2.28. The predicted octanol–water partition coefficient (Wildman–Crippen LogP) is 3.54. The third kappa shape index (κ3) is 3.95. The van der Waals surface area contributed by atoms with Crippen LogP contribution >= 0.6 is 0 Å². The minimum absolute atomic E-state index is 0.180. The molecule has 1 aromatic heterocycles. The first-order chi connectivity index (χ1) is 14.9. The molecule has 162 valence electrons. The highest BCUT2D eigenvalue weighted by Crippen LogP contribution is 2.22. The first kappa shape index (κ1) is 20.8.